The molecule has 0 saturated carbocycles. The molecule has 4 rings (SSSR count). The van der Waals surface area contributed by atoms with E-state index in [-0.39, 0.29) is 11.7 Å². The smallest absolute Gasteiger partial charge is 0.229 e. The van der Waals surface area contributed by atoms with Gasteiger partial charge >= 0.3 is 0 Å². The third-order valence-corrected chi connectivity index (χ3v) is 7.05. The van der Waals surface area contributed by atoms with Gasteiger partial charge in [-0.15, -0.1) is 11.8 Å². The summed E-state index contributed by atoms with van der Waals surface area (Å²) in [4.78, 5) is 24.9. The molecule has 0 aliphatic rings. The van der Waals surface area contributed by atoms with Crippen molar-refractivity contribution in [3.05, 3.63) is 83.4 Å². The predicted octanol–water partition coefficient (Wildman–Crippen LogP) is 6.16. The molecule has 0 unspecified atom stereocenters. The number of hydrogen-bond donors (Lipinski definition) is 0. The molecule has 0 radical (unpaired) electrons. The Kier molecular flexibility index (Phi) is 6.63. The highest BCUT2D eigenvalue weighted by Crippen LogP contribution is 2.33. The van der Waals surface area contributed by atoms with Crippen LogP contribution in [0.25, 0.3) is 10.2 Å². The highest BCUT2D eigenvalue weighted by atomic mass is 32.2. The topological polar surface area (TPSA) is 46.1 Å². The average molecular weight is 452 g/mol. The molecule has 0 aliphatic heterocycles. The van der Waals surface area contributed by atoms with Gasteiger partial charge in [-0.1, -0.05) is 23.5 Å². The van der Waals surface area contributed by atoms with Crippen molar-refractivity contribution in [2.24, 2.45) is 0 Å². The van der Waals surface area contributed by atoms with Gasteiger partial charge in [-0.25, -0.2) is 9.37 Å². The Hall–Kier alpha value is -2.77. The number of anilines is 1. The number of thioether (sulfide) groups is 1. The Bertz CT molecular complexity index is 1190. The van der Waals surface area contributed by atoms with E-state index in [1.54, 1.807) is 52.5 Å². The summed E-state index contributed by atoms with van der Waals surface area (Å²) in [7, 11) is 0. The molecule has 4 nitrogen and oxygen atoms in total. The number of fused-ring (bicyclic) bond motifs is 1. The molecule has 2 aromatic heterocycles. The highest BCUT2D eigenvalue weighted by molar-refractivity contribution is 7.99. The van der Waals surface area contributed by atoms with Gasteiger partial charge in [0.15, 0.2) is 5.13 Å². The minimum absolute atomic E-state index is 0.00639. The second-order valence-electron chi connectivity index (χ2n) is 7.32. The molecule has 1 amide bonds. The quantitative estimate of drug-likeness (QED) is 0.316. The lowest BCUT2D eigenvalue weighted by atomic mass is 10.1. The number of rotatable bonds is 7. The van der Waals surface area contributed by atoms with E-state index in [4.69, 9.17) is 4.98 Å². The molecule has 0 atom stereocenters. The molecule has 0 N–H and O–H groups in total. The van der Waals surface area contributed by atoms with Crippen LogP contribution in [-0.4, -0.2) is 21.6 Å². The zero-order valence-electron chi connectivity index (χ0n) is 17.3. The predicted molar refractivity (Wildman–Crippen MR) is 126 cm³/mol. The number of thiazole rings is 1. The second-order valence-corrected chi connectivity index (χ2v) is 9.47. The van der Waals surface area contributed by atoms with E-state index in [1.165, 1.54) is 17.7 Å². The number of amides is 1. The molecule has 0 spiro atoms. The summed E-state index contributed by atoms with van der Waals surface area (Å²) in [6.45, 7) is 4.55. The van der Waals surface area contributed by atoms with Crippen molar-refractivity contribution in [3.8, 4) is 0 Å². The van der Waals surface area contributed by atoms with Crippen molar-refractivity contribution < 1.29 is 9.18 Å². The molecule has 7 heteroatoms. The van der Waals surface area contributed by atoms with Gasteiger partial charge in [0.25, 0.3) is 0 Å². The molecular weight excluding hydrogens is 429 g/mol. The van der Waals surface area contributed by atoms with Gasteiger partial charge < -0.3 is 0 Å². The highest BCUT2D eigenvalue weighted by Gasteiger charge is 2.21. The van der Waals surface area contributed by atoms with Crippen molar-refractivity contribution >= 4 is 44.4 Å². The number of carbonyl (C=O) groups is 1. The van der Waals surface area contributed by atoms with E-state index >= 15 is 0 Å². The number of aryl methyl sites for hydroxylation is 2. The Balaban J connectivity index is 1.55. The average Bonchev–Trinajstić information content (AvgIpc) is 3.18. The summed E-state index contributed by atoms with van der Waals surface area (Å²) in [6.07, 6.45) is 3.85. The molecule has 0 fully saturated rings. The minimum Gasteiger partial charge on any atom is -0.284 e. The summed E-state index contributed by atoms with van der Waals surface area (Å²) in [5.74, 6) is 0.355. The van der Waals surface area contributed by atoms with E-state index in [2.05, 4.69) is 31.0 Å². The van der Waals surface area contributed by atoms with Gasteiger partial charge in [0.1, 0.15) is 5.82 Å². The molecule has 2 aromatic carbocycles. The van der Waals surface area contributed by atoms with E-state index in [9.17, 15) is 9.18 Å². The maximum atomic E-state index is 13.2. The molecule has 0 saturated heterocycles. The number of benzene rings is 2. The maximum absolute atomic E-state index is 13.2. The lowest BCUT2D eigenvalue weighted by Crippen LogP contribution is -2.30. The molecule has 0 bridgehead atoms. The fourth-order valence-electron chi connectivity index (χ4n) is 3.34. The molecule has 31 heavy (non-hydrogen) atoms. The number of halogens is 1. The summed E-state index contributed by atoms with van der Waals surface area (Å²) < 4.78 is 14.2. The van der Waals surface area contributed by atoms with Crippen LogP contribution in [0, 0.1) is 19.7 Å². The Morgan fingerprint density at radius 3 is 2.71 bits per heavy atom. The van der Waals surface area contributed by atoms with Crippen LogP contribution in [0.15, 0.2) is 65.8 Å². The largest absolute Gasteiger partial charge is 0.284 e. The van der Waals surface area contributed by atoms with Crippen LogP contribution in [0.2, 0.25) is 0 Å². The van der Waals surface area contributed by atoms with E-state index in [1.807, 2.05) is 12.1 Å². The number of aromatic nitrogens is 2. The van der Waals surface area contributed by atoms with Crippen LogP contribution < -0.4 is 4.90 Å². The van der Waals surface area contributed by atoms with Crippen LogP contribution in [-0.2, 0) is 11.3 Å². The monoisotopic (exact) mass is 451 g/mol. The number of pyridine rings is 1. The third-order valence-electron chi connectivity index (χ3n) is 4.80. The van der Waals surface area contributed by atoms with E-state index < -0.39 is 0 Å². The maximum Gasteiger partial charge on any atom is 0.229 e. The van der Waals surface area contributed by atoms with Gasteiger partial charge in [-0.2, -0.15) is 0 Å². The standard InChI is InChI=1S/C24H22FN3OS2/c1-16-12-17(2)23-21(13-16)27-24(31-23)28(15-18-4-3-10-26-14-18)22(29)9-11-30-20-7-5-19(25)6-8-20/h3-8,10,12-14H,9,11,15H2,1-2H3. The van der Waals surface area contributed by atoms with Crippen molar-refractivity contribution in [3.63, 3.8) is 0 Å². The zero-order valence-corrected chi connectivity index (χ0v) is 19.0. The van der Waals surface area contributed by atoms with Gasteiger partial charge in [0, 0.05) is 29.5 Å². The first-order chi connectivity index (χ1) is 15.0. The SMILES string of the molecule is Cc1cc(C)c2sc(N(Cc3cccnc3)C(=O)CCSc3ccc(F)cc3)nc2c1. The summed E-state index contributed by atoms with van der Waals surface area (Å²) in [5.41, 5.74) is 4.19. The Morgan fingerprint density at radius 2 is 1.97 bits per heavy atom. The van der Waals surface area contributed by atoms with Crippen LogP contribution in [0.5, 0.6) is 0 Å². The van der Waals surface area contributed by atoms with E-state index in [0.29, 0.717) is 23.8 Å². The fraction of sp³-hybridized carbons (Fsp3) is 0.208. The van der Waals surface area contributed by atoms with Gasteiger partial charge in [-0.05, 0) is 66.9 Å². The normalized spacial score (nSPS) is 11.1. The first-order valence-electron chi connectivity index (χ1n) is 9.95. The lowest BCUT2D eigenvalue weighted by Gasteiger charge is -2.20. The summed E-state index contributed by atoms with van der Waals surface area (Å²) >= 11 is 3.09. The summed E-state index contributed by atoms with van der Waals surface area (Å²) in [5, 5.41) is 0.698. The number of nitrogens with zero attached hydrogens (tertiary/aromatic N) is 3. The van der Waals surface area contributed by atoms with Crippen molar-refractivity contribution in [1.82, 2.24) is 9.97 Å². The lowest BCUT2D eigenvalue weighted by molar-refractivity contribution is -0.118. The van der Waals surface area contributed by atoms with Crippen molar-refractivity contribution in [1.29, 1.82) is 0 Å². The molecule has 158 valence electrons. The third kappa shape index (κ3) is 5.29. The second kappa shape index (κ2) is 9.58. The van der Waals surface area contributed by atoms with Crippen LogP contribution >= 0.6 is 23.1 Å². The van der Waals surface area contributed by atoms with Crippen LogP contribution in [0.4, 0.5) is 9.52 Å². The number of carbonyl (C=O) groups excluding carboxylic acids is 1. The van der Waals surface area contributed by atoms with Gasteiger partial charge in [0.2, 0.25) is 5.91 Å². The molecule has 4 aromatic rings. The fourth-order valence-corrected chi connectivity index (χ4v) is 5.21. The first kappa shape index (κ1) is 21.5. The first-order valence-corrected chi connectivity index (χ1v) is 11.8. The molecule has 2 heterocycles. The zero-order chi connectivity index (χ0) is 21.8. The van der Waals surface area contributed by atoms with Crippen molar-refractivity contribution in [2.45, 2.75) is 31.7 Å². The number of hydrogen-bond acceptors (Lipinski definition) is 5. The van der Waals surface area contributed by atoms with Gasteiger partial charge in [-0.3, -0.25) is 14.7 Å². The summed E-state index contributed by atoms with van der Waals surface area (Å²) in [6, 6.07) is 14.4. The van der Waals surface area contributed by atoms with E-state index in [0.717, 1.165) is 26.2 Å². The van der Waals surface area contributed by atoms with Gasteiger partial charge in [0.05, 0.1) is 16.8 Å². The molecule has 0 aliphatic carbocycles. The molecular formula is C24H22FN3OS2. The Labute approximate surface area is 189 Å². The minimum atomic E-state index is -0.260. The van der Waals surface area contributed by atoms with Crippen LogP contribution in [0.1, 0.15) is 23.1 Å². The van der Waals surface area contributed by atoms with Crippen LogP contribution in [0.3, 0.4) is 0 Å². The Morgan fingerprint density at radius 1 is 1.16 bits per heavy atom. The van der Waals surface area contributed by atoms with Crippen molar-refractivity contribution in [2.75, 3.05) is 10.7 Å².